The molecule has 2 aromatic rings. The first-order valence-corrected chi connectivity index (χ1v) is 6.55. The average molecular weight is 291 g/mol. The van der Waals surface area contributed by atoms with Gasteiger partial charge in [-0.15, -0.1) is 0 Å². The van der Waals surface area contributed by atoms with E-state index in [9.17, 15) is 10.1 Å². The summed E-state index contributed by atoms with van der Waals surface area (Å²) in [6.07, 6.45) is 2.10. The normalized spacial score (nSPS) is 12.3. The minimum atomic E-state index is -0.422. The predicted molar refractivity (Wildman–Crippen MR) is 79.4 cm³/mol. The third-order valence-electron chi connectivity index (χ3n) is 3.15. The van der Waals surface area contributed by atoms with Gasteiger partial charge in [-0.05, 0) is 24.6 Å². The number of anilines is 1. The highest BCUT2D eigenvalue weighted by atomic mass is 16.6. The number of hydrogen-bond acceptors (Lipinski definition) is 6. The van der Waals surface area contributed by atoms with Crippen molar-refractivity contribution >= 4 is 22.3 Å². The van der Waals surface area contributed by atoms with Gasteiger partial charge in [-0.3, -0.25) is 15.1 Å². The molecule has 21 heavy (non-hydrogen) atoms. The lowest BCUT2D eigenvalue weighted by molar-refractivity contribution is -0.383. The second kappa shape index (κ2) is 6.96. The van der Waals surface area contributed by atoms with Crippen LogP contribution in [-0.2, 0) is 4.74 Å². The molecule has 7 nitrogen and oxygen atoms in total. The topological polar surface area (TPSA) is 97.5 Å². The summed E-state index contributed by atoms with van der Waals surface area (Å²) in [7, 11) is 1.58. The first-order valence-electron chi connectivity index (χ1n) is 6.55. The fraction of sp³-hybridized carbons (Fsp3) is 0.357. The summed E-state index contributed by atoms with van der Waals surface area (Å²) in [5, 5.41) is 23.8. The summed E-state index contributed by atoms with van der Waals surface area (Å²) in [5.74, 6) is 0. The maximum atomic E-state index is 11.1. The van der Waals surface area contributed by atoms with E-state index in [1.54, 1.807) is 31.5 Å². The molecule has 0 aliphatic rings. The number of aliphatic hydroxyl groups is 1. The number of aliphatic hydroxyl groups excluding tert-OH is 1. The zero-order valence-electron chi connectivity index (χ0n) is 11.7. The summed E-state index contributed by atoms with van der Waals surface area (Å²) < 4.78 is 5.10. The van der Waals surface area contributed by atoms with Crippen LogP contribution in [0.5, 0.6) is 0 Å². The van der Waals surface area contributed by atoms with E-state index in [1.807, 2.05) is 0 Å². The van der Waals surface area contributed by atoms with Gasteiger partial charge in [-0.25, -0.2) is 0 Å². The van der Waals surface area contributed by atoms with Crippen LogP contribution < -0.4 is 5.32 Å². The molecule has 1 aromatic heterocycles. The molecule has 1 unspecified atom stereocenters. The Labute approximate surface area is 121 Å². The molecule has 0 radical (unpaired) electrons. The fourth-order valence-electron chi connectivity index (χ4n) is 2.21. The van der Waals surface area contributed by atoms with Crippen molar-refractivity contribution in [1.82, 2.24) is 4.98 Å². The molecule has 1 aromatic carbocycles. The zero-order valence-corrected chi connectivity index (χ0v) is 11.7. The predicted octanol–water partition coefficient (Wildman–Crippen LogP) is 1.95. The van der Waals surface area contributed by atoms with E-state index < -0.39 is 4.92 Å². The van der Waals surface area contributed by atoms with Gasteiger partial charge in [-0.1, -0.05) is 0 Å². The number of pyridine rings is 1. The number of aromatic nitrogens is 1. The van der Waals surface area contributed by atoms with Gasteiger partial charge in [0.25, 0.3) is 5.69 Å². The Morgan fingerprint density at radius 1 is 1.48 bits per heavy atom. The number of benzene rings is 1. The van der Waals surface area contributed by atoms with Gasteiger partial charge in [-0.2, -0.15) is 0 Å². The highest BCUT2D eigenvalue weighted by Crippen LogP contribution is 2.30. The first-order chi connectivity index (χ1) is 10.2. The smallest absolute Gasteiger partial charge is 0.278 e. The van der Waals surface area contributed by atoms with Gasteiger partial charge in [0.1, 0.15) is 5.52 Å². The van der Waals surface area contributed by atoms with Gasteiger partial charge >= 0.3 is 0 Å². The molecule has 0 amide bonds. The van der Waals surface area contributed by atoms with E-state index in [0.29, 0.717) is 29.6 Å². The number of ether oxygens (including phenoxy) is 1. The monoisotopic (exact) mass is 291 g/mol. The SMILES string of the molecule is COCC(CCO)Nc1ccc([N+](=O)[O-])c2cccnc12. The van der Waals surface area contributed by atoms with Crippen molar-refractivity contribution < 1.29 is 14.8 Å². The van der Waals surface area contributed by atoms with Crippen LogP contribution in [0.4, 0.5) is 11.4 Å². The maximum absolute atomic E-state index is 11.1. The van der Waals surface area contributed by atoms with Crippen molar-refractivity contribution in [3.05, 3.63) is 40.6 Å². The molecular weight excluding hydrogens is 274 g/mol. The Bertz CT molecular complexity index is 627. The van der Waals surface area contributed by atoms with Crippen LogP contribution in [0.3, 0.4) is 0 Å². The Morgan fingerprint density at radius 3 is 2.95 bits per heavy atom. The first kappa shape index (κ1) is 15.1. The van der Waals surface area contributed by atoms with Gasteiger partial charge in [0, 0.05) is 26.0 Å². The van der Waals surface area contributed by atoms with Crippen LogP contribution >= 0.6 is 0 Å². The minimum Gasteiger partial charge on any atom is -0.396 e. The second-order valence-electron chi connectivity index (χ2n) is 4.60. The van der Waals surface area contributed by atoms with Crippen molar-refractivity contribution in [2.75, 3.05) is 25.6 Å². The Balaban J connectivity index is 2.40. The van der Waals surface area contributed by atoms with Crippen molar-refractivity contribution in [3.63, 3.8) is 0 Å². The molecule has 2 rings (SSSR count). The van der Waals surface area contributed by atoms with E-state index in [4.69, 9.17) is 9.84 Å². The molecule has 0 aliphatic carbocycles. The summed E-state index contributed by atoms with van der Waals surface area (Å²) in [4.78, 5) is 14.9. The molecule has 112 valence electrons. The maximum Gasteiger partial charge on any atom is 0.278 e. The summed E-state index contributed by atoms with van der Waals surface area (Å²) in [6.45, 7) is 0.450. The van der Waals surface area contributed by atoms with E-state index in [0.717, 1.165) is 0 Å². The van der Waals surface area contributed by atoms with Crippen molar-refractivity contribution in [2.24, 2.45) is 0 Å². The second-order valence-corrected chi connectivity index (χ2v) is 4.60. The molecule has 0 bridgehead atoms. The lowest BCUT2D eigenvalue weighted by Gasteiger charge is -2.19. The van der Waals surface area contributed by atoms with Crippen LogP contribution in [0, 0.1) is 10.1 Å². The van der Waals surface area contributed by atoms with Crippen LogP contribution in [0.1, 0.15) is 6.42 Å². The van der Waals surface area contributed by atoms with Crippen molar-refractivity contribution in [3.8, 4) is 0 Å². The molecule has 1 heterocycles. The number of methoxy groups -OCH3 is 1. The molecule has 0 saturated carbocycles. The number of rotatable bonds is 7. The van der Waals surface area contributed by atoms with E-state index in [-0.39, 0.29) is 18.3 Å². The fourth-order valence-corrected chi connectivity index (χ4v) is 2.21. The summed E-state index contributed by atoms with van der Waals surface area (Å²) in [5.41, 5.74) is 1.24. The largest absolute Gasteiger partial charge is 0.396 e. The Kier molecular flexibility index (Phi) is 5.02. The molecule has 0 fully saturated rings. The lowest BCUT2D eigenvalue weighted by Crippen LogP contribution is -2.26. The van der Waals surface area contributed by atoms with E-state index in [1.165, 1.54) is 6.07 Å². The zero-order chi connectivity index (χ0) is 15.2. The number of nitro benzene ring substituents is 1. The van der Waals surface area contributed by atoms with E-state index >= 15 is 0 Å². The third-order valence-corrected chi connectivity index (χ3v) is 3.15. The van der Waals surface area contributed by atoms with Gasteiger partial charge < -0.3 is 15.2 Å². The van der Waals surface area contributed by atoms with Crippen molar-refractivity contribution in [2.45, 2.75) is 12.5 Å². The van der Waals surface area contributed by atoms with Crippen molar-refractivity contribution in [1.29, 1.82) is 0 Å². The number of fused-ring (bicyclic) bond motifs is 1. The number of nitrogens with one attached hydrogen (secondary N) is 1. The van der Waals surface area contributed by atoms with Crippen LogP contribution in [0.25, 0.3) is 10.9 Å². The third kappa shape index (κ3) is 3.45. The van der Waals surface area contributed by atoms with Crippen LogP contribution in [-0.4, -0.2) is 41.4 Å². The highest BCUT2D eigenvalue weighted by molar-refractivity contribution is 5.96. The van der Waals surface area contributed by atoms with Crippen LogP contribution in [0.2, 0.25) is 0 Å². The van der Waals surface area contributed by atoms with Gasteiger partial charge in [0.15, 0.2) is 0 Å². The number of non-ortho nitro benzene ring substituents is 1. The quantitative estimate of drug-likeness (QED) is 0.597. The molecule has 1 atom stereocenters. The number of hydrogen-bond donors (Lipinski definition) is 2. The lowest BCUT2D eigenvalue weighted by atomic mass is 10.1. The molecule has 0 saturated heterocycles. The molecule has 0 aliphatic heterocycles. The number of nitro groups is 1. The minimum absolute atomic E-state index is 0.0223. The van der Waals surface area contributed by atoms with Crippen LogP contribution in [0.15, 0.2) is 30.5 Å². The van der Waals surface area contributed by atoms with Gasteiger partial charge in [0.2, 0.25) is 0 Å². The molecule has 2 N–H and O–H groups in total. The van der Waals surface area contributed by atoms with Gasteiger partial charge in [0.05, 0.1) is 28.6 Å². The molecular formula is C14H17N3O4. The average Bonchev–Trinajstić information content (AvgIpc) is 2.47. The number of nitrogens with zero attached hydrogens (tertiary/aromatic N) is 2. The summed E-state index contributed by atoms with van der Waals surface area (Å²) in [6, 6.07) is 6.33. The molecule has 7 heteroatoms. The Morgan fingerprint density at radius 2 is 2.29 bits per heavy atom. The standard InChI is InChI=1S/C14H17N3O4/c1-21-9-10(6-8-18)16-12-4-5-13(17(19)20)11-3-2-7-15-14(11)12/h2-5,7,10,16,18H,6,8-9H2,1H3. The Hall–Kier alpha value is -2.25. The highest BCUT2D eigenvalue weighted by Gasteiger charge is 2.16. The molecule has 0 spiro atoms. The van der Waals surface area contributed by atoms with E-state index in [2.05, 4.69) is 10.3 Å². The summed E-state index contributed by atoms with van der Waals surface area (Å²) >= 11 is 0.